The van der Waals surface area contributed by atoms with Crippen LogP contribution in [0.4, 0.5) is 0 Å². The molecule has 0 aliphatic rings. The largest absolute Gasteiger partial charge is 0.490 e. The zero-order chi connectivity index (χ0) is 14.4. The van der Waals surface area contributed by atoms with Gasteiger partial charge < -0.3 is 9.47 Å². The average Bonchev–Trinajstić information content (AvgIpc) is 2.45. The number of benzene rings is 1. The number of para-hydroxylation sites is 2. The number of nitrogens with zero attached hydrogens (tertiary/aromatic N) is 3. The Morgan fingerprint density at radius 2 is 1.95 bits per heavy atom. The number of rotatable bonds is 5. The fraction of sp³-hybridized carbons (Fsp3) is 0.267. The van der Waals surface area contributed by atoms with Crippen molar-refractivity contribution in [1.82, 2.24) is 9.97 Å². The lowest BCUT2D eigenvalue weighted by Gasteiger charge is -2.10. The van der Waals surface area contributed by atoms with Crippen molar-refractivity contribution in [2.24, 2.45) is 0 Å². The van der Waals surface area contributed by atoms with E-state index < -0.39 is 0 Å². The Kier molecular flexibility index (Phi) is 4.51. The van der Waals surface area contributed by atoms with E-state index >= 15 is 0 Å². The van der Waals surface area contributed by atoms with Crippen LogP contribution in [0, 0.1) is 18.3 Å². The SMILES string of the molecule is CCCOc1ccccc1Oc1nc(C)cc(C#N)n1. The molecule has 5 heteroatoms. The standard InChI is InChI=1S/C15H15N3O2/c1-3-8-19-13-6-4-5-7-14(13)20-15-17-11(2)9-12(10-16)18-15/h4-7,9H,3,8H2,1-2H3. The molecule has 2 rings (SSSR count). The van der Waals surface area contributed by atoms with Gasteiger partial charge in [0.1, 0.15) is 11.8 Å². The van der Waals surface area contributed by atoms with Crippen LogP contribution in [0.2, 0.25) is 0 Å². The molecule has 0 fully saturated rings. The predicted octanol–water partition coefficient (Wildman–Crippen LogP) is 3.24. The fourth-order valence-electron chi connectivity index (χ4n) is 1.61. The molecule has 20 heavy (non-hydrogen) atoms. The highest BCUT2D eigenvalue weighted by Crippen LogP contribution is 2.29. The lowest BCUT2D eigenvalue weighted by atomic mass is 10.3. The molecule has 1 aromatic heterocycles. The first-order valence-corrected chi connectivity index (χ1v) is 6.38. The number of aromatic nitrogens is 2. The van der Waals surface area contributed by atoms with E-state index in [1.807, 2.05) is 31.2 Å². The molecular formula is C15H15N3O2. The first kappa shape index (κ1) is 13.8. The van der Waals surface area contributed by atoms with Gasteiger partial charge in [-0.2, -0.15) is 10.2 Å². The van der Waals surface area contributed by atoms with E-state index in [-0.39, 0.29) is 11.7 Å². The second-order valence-electron chi connectivity index (χ2n) is 4.19. The first-order valence-electron chi connectivity index (χ1n) is 6.38. The molecule has 0 amide bonds. The zero-order valence-electron chi connectivity index (χ0n) is 11.5. The van der Waals surface area contributed by atoms with Crippen LogP contribution in [-0.2, 0) is 0 Å². The minimum absolute atomic E-state index is 0.147. The van der Waals surface area contributed by atoms with Crippen molar-refractivity contribution >= 4 is 0 Å². The topological polar surface area (TPSA) is 68.0 Å². The van der Waals surface area contributed by atoms with Crippen LogP contribution < -0.4 is 9.47 Å². The summed E-state index contributed by atoms with van der Waals surface area (Å²) in [6, 6.07) is 11.1. The van der Waals surface area contributed by atoms with Gasteiger partial charge in [-0.25, -0.2) is 4.98 Å². The van der Waals surface area contributed by atoms with E-state index in [0.29, 0.717) is 23.8 Å². The van der Waals surface area contributed by atoms with Crippen LogP contribution in [0.25, 0.3) is 0 Å². The van der Waals surface area contributed by atoms with Crippen LogP contribution in [0.5, 0.6) is 17.5 Å². The van der Waals surface area contributed by atoms with E-state index in [9.17, 15) is 0 Å². The van der Waals surface area contributed by atoms with E-state index in [1.54, 1.807) is 19.1 Å². The molecule has 1 heterocycles. The molecule has 1 aromatic carbocycles. The lowest BCUT2D eigenvalue weighted by molar-refractivity contribution is 0.299. The predicted molar refractivity (Wildman–Crippen MR) is 73.8 cm³/mol. The Hall–Kier alpha value is -2.61. The Morgan fingerprint density at radius 3 is 2.65 bits per heavy atom. The summed E-state index contributed by atoms with van der Waals surface area (Å²) in [5.41, 5.74) is 0.956. The van der Waals surface area contributed by atoms with Crippen LogP contribution in [0.15, 0.2) is 30.3 Å². The van der Waals surface area contributed by atoms with Gasteiger partial charge in [0, 0.05) is 5.69 Å². The van der Waals surface area contributed by atoms with Gasteiger partial charge in [0.2, 0.25) is 0 Å². The van der Waals surface area contributed by atoms with Gasteiger partial charge in [-0.05, 0) is 31.5 Å². The number of hydrogen-bond acceptors (Lipinski definition) is 5. The zero-order valence-corrected chi connectivity index (χ0v) is 11.5. The van der Waals surface area contributed by atoms with Crippen molar-refractivity contribution in [2.45, 2.75) is 20.3 Å². The van der Waals surface area contributed by atoms with E-state index in [1.165, 1.54) is 0 Å². The lowest BCUT2D eigenvalue weighted by Crippen LogP contribution is -2.00. The van der Waals surface area contributed by atoms with Crippen molar-refractivity contribution < 1.29 is 9.47 Å². The highest BCUT2D eigenvalue weighted by Gasteiger charge is 2.09. The summed E-state index contributed by atoms with van der Waals surface area (Å²) in [6.45, 7) is 4.43. The van der Waals surface area contributed by atoms with Crippen molar-refractivity contribution in [2.75, 3.05) is 6.61 Å². The quantitative estimate of drug-likeness (QED) is 0.833. The number of nitriles is 1. The molecule has 102 valence electrons. The smallest absolute Gasteiger partial charge is 0.323 e. The summed E-state index contributed by atoms with van der Waals surface area (Å²) in [5.74, 6) is 1.17. The van der Waals surface area contributed by atoms with E-state index in [4.69, 9.17) is 14.7 Å². The summed E-state index contributed by atoms with van der Waals surface area (Å²) in [6.07, 6.45) is 0.911. The van der Waals surface area contributed by atoms with Gasteiger partial charge in [-0.3, -0.25) is 0 Å². The van der Waals surface area contributed by atoms with Crippen LogP contribution in [0.1, 0.15) is 24.7 Å². The summed E-state index contributed by atoms with van der Waals surface area (Å²) in [7, 11) is 0. The Balaban J connectivity index is 2.26. The van der Waals surface area contributed by atoms with Crippen molar-refractivity contribution in [1.29, 1.82) is 5.26 Å². The minimum Gasteiger partial charge on any atom is -0.490 e. The molecule has 0 bridgehead atoms. The number of hydrogen-bond donors (Lipinski definition) is 0. The second-order valence-corrected chi connectivity index (χ2v) is 4.19. The summed E-state index contributed by atoms with van der Waals surface area (Å²) < 4.78 is 11.2. The molecule has 5 nitrogen and oxygen atoms in total. The molecule has 0 atom stereocenters. The Labute approximate surface area is 117 Å². The molecule has 0 saturated heterocycles. The molecule has 0 spiro atoms. The third-order valence-corrected chi connectivity index (χ3v) is 2.46. The molecular weight excluding hydrogens is 254 g/mol. The maximum Gasteiger partial charge on any atom is 0.323 e. The highest BCUT2D eigenvalue weighted by atomic mass is 16.5. The maximum atomic E-state index is 8.90. The average molecular weight is 269 g/mol. The van der Waals surface area contributed by atoms with Gasteiger partial charge in [0.05, 0.1) is 6.61 Å². The van der Waals surface area contributed by atoms with E-state index in [2.05, 4.69) is 9.97 Å². The van der Waals surface area contributed by atoms with Gasteiger partial charge in [-0.15, -0.1) is 0 Å². The van der Waals surface area contributed by atoms with Crippen molar-refractivity contribution in [3.63, 3.8) is 0 Å². The van der Waals surface area contributed by atoms with Crippen molar-refractivity contribution in [3.8, 4) is 23.6 Å². The van der Waals surface area contributed by atoms with Crippen LogP contribution in [-0.4, -0.2) is 16.6 Å². The summed E-state index contributed by atoms with van der Waals surface area (Å²) in [5, 5.41) is 8.90. The number of ether oxygens (including phenoxy) is 2. The highest BCUT2D eigenvalue weighted by molar-refractivity contribution is 5.41. The van der Waals surface area contributed by atoms with Gasteiger partial charge in [-0.1, -0.05) is 19.1 Å². The molecule has 0 aliphatic heterocycles. The molecule has 0 unspecified atom stereocenters. The second kappa shape index (κ2) is 6.53. The molecule has 0 radical (unpaired) electrons. The third-order valence-electron chi connectivity index (χ3n) is 2.46. The van der Waals surface area contributed by atoms with Gasteiger partial charge in [0.15, 0.2) is 11.5 Å². The Morgan fingerprint density at radius 1 is 1.20 bits per heavy atom. The molecule has 0 saturated carbocycles. The molecule has 0 aliphatic carbocycles. The van der Waals surface area contributed by atoms with Crippen LogP contribution >= 0.6 is 0 Å². The van der Waals surface area contributed by atoms with Gasteiger partial charge >= 0.3 is 6.01 Å². The van der Waals surface area contributed by atoms with Crippen LogP contribution in [0.3, 0.4) is 0 Å². The first-order chi connectivity index (χ1) is 9.72. The normalized spacial score (nSPS) is 9.85. The number of aryl methyl sites for hydroxylation is 1. The molecule has 2 aromatic rings. The third kappa shape index (κ3) is 3.45. The maximum absolute atomic E-state index is 8.90. The summed E-state index contributed by atoms with van der Waals surface area (Å²) >= 11 is 0. The van der Waals surface area contributed by atoms with Gasteiger partial charge in [0.25, 0.3) is 0 Å². The molecule has 0 N–H and O–H groups in total. The monoisotopic (exact) mass is 269 g/mol. The fourth-order valence-corrected chi connectivity index (χ4v) is 1.61. The minimum atomic E-state index is 0.147. The summed E-state index contributed by atoms with van der Waals surface area (Å²) in [4.78, 5) is 8.18. The van der Waals surface area contributed by atoms with Crippen molar-refractivity contribution in [3.05, 3.63) is 41.7 Å². The Bertz CT molecular complexity index is 635. The van der Waals surface area contributed by atoms with E-state index in [0.717, 1.165) is 6.42 Å².